The van der Waals surface area contributed by atoms with E-state index < -0.39 is 6.23 Å². The van der Waals surface area contributed by atoms with Gasteiger partial charge in [-0.2, -0.15) is 5.48 Å². The molecule has 131 valence electrons. The fraction of sp³-hybridized carbons (Fsp3) is 0.333. The third kappa shape index (κ3) is 5.29. The van der Waals surface area contributed by atoms with E-state index in [4.69, 9.17) is 10.6 Å². The highest BCUT2D eigenvalue weighted by molar-refractivity contribution is 6.43. The first-order valence-corrected chi connectivity index (χ1v) is 8.36. The molecule has 6 nitrogen and oxygen atoms in total. The molecule has 1 fully saturated rings. The van der Waals surface area contributed by atoms with Crippen molar-refractivity contribution in [2.24, 2.45) is 5.73 Å². The van der Waals surface area contributed by atoms with Gasteiger partial charge in [-0.15, -0.1) is 0 Å². The van der Waals surface area contributed by atoms with Gasteiger partial charge in [-0.3, -0.25) is 4.84 Å². The van der Waals surface area contributed by atoms with E-state index in [2.05, 4.69) is 10.3 Å². The maximum Gasteiger partial charge on any atom is 0.222 e. The predicted octanol–water partition coefficient (Wildman–Crippen LogP) is 0.694. The third-order valence-corrected chi connectivity index (χ3v) is 4.27. The fourth-order valence-electron chi connectivity index (χ4n) is 2.66. The highest BCUT2D eigenvalue weighted by Gasteiger charge is 2.34. The number of nitrogens with two attached hydrogens (primary N) is 1. The van der Waals surface area contributed by atoms with Crippen molar-refractivity contribution in [2.45, 2.75) is 31.8 Å². The number of hydrogen-bond acceptors (Lipinski definition) is 6. The number of phenols is 1. The van der Waals surface area contributed by atoms with Crippen molar-refractivity contribution in [3.05, 3.63) is 65.2 Å². The Bertz CT molecular complexity index is 662. The molecule has 1 heterocycles. The molecule has 2 aromatic rings. The molecule has 0 bridgehead atoms. The second-order valence-corrected chi connectivity index (χ2v) is 6.19. The Labute approximate surface area is 148 Å². The summed E-state index contributed by atoms with van der Waals surface area (Å²) in [5, 5.41) is 19.8. The summed E-state index contributed by atoms with van der Waals surface area (Å²) in [5.74, 6) is 0.237. The molecule has 1 saturated heterocycles. The first-order valence-electron chi connectivity index (χ1n) is 8.36. The van der Waals surface area contributed by atoms with Gasteiger partial charge in [-0.1, -0.05) is 36.4 Å². The van der Waals surface area contributed by atoms with Crippen LogP contribution >= 0.6 is 0 Å². The van der Waals surface area contributed by atoms with E-state index in [0.717, 1.165) is 23.1 Å². The Morgan fingerprint density at radius 3 is 2.28 bits per heavy atom. The molecule has 0 saturated carbocycles. The van der Waals surface area contributed by atoms with E-state index in [-0.39, 0.29) is 11.8 Å². The van der Waals surface area contributed by atoms with Crippen LogP contribution in [0, 0.1) is 0 Å². The first-order chi connectivity index (χ1) is 12.2. The zero-order chi connectivity index (χ0) is 17.6. The second-order valence-electron chi connectivity index (χ2n) is 6.19. The summed E-state index contributed by atoms with van der Waals surface area (Å²) in [7, 11) is 2.03. The molecule has 25 heavy (non-hydrogen) atoms. The van der Waals surface area contributed by atoms with Gasteiger partial charge in [0.15, 0.2) is 0 Å². The van der Waals surface area contributed by atoms with E-state index in [0.29, 0.717) is 19.6 Å². The zero-order valence-electron chi connectivity index (χ0n) is 14.0. The number of hydrogen-bond donors (Lipinski definition) is 4. The van der Waals surface area contributed by atoms with Crippen LogP contribution in [0.1, 0.15) is 16.7 Å². The van der Waals surface area contributed by atoms with Crippen LogP contribution in [-0.2, 0) is 24.4 Å². The largest absolute Gasteiger partial charge is 0.508 e. The van der Waals surface area contributed by atoms with Crippen LogP contribution < -0.4 is 11.2 Å². The minimum atomic E-state index is -0.823. The maximum absolute atomic E-state index is 10.4. The van der Waals surface area contributed by atoms with E-state index >= 15 is 0 Å². The molecule has 2 aromatic carbocycles. The Kier molecular flexibility index (Phi) is 6.07. The number of phenolic OH excluding ortho intramolecular Hbond substituents is 1. The van der Waals surface area contributed by atoms with Crippen molar-refractivity contribution in [1.82, 2.24) is 10.3 Å². The molecular formula is C18H23BN3O3. The molecule has 3 atom stereocenters. The lowest BCUT2D eigenvalue weighted by atomic mass is 10.0. The molecule has 5 N–H and O–H groups in total. The summed E-state index contributed by atoms with van der Waals surface area (Å²) < 4.78 is 0. The number of benzene rings is 2. The summed E-state index contributed by atoms with van der Waals surface area (Å²) in [5.41, 5.74) is 11.4. The molecule has 0 amide bonds. The Balaban J connectivity index is 1.50. The first kappa shape index (κ1) is 17.9. The molecule has 0 spiro atoms. The Morgan fingerprint density at radius 1 is 1.08 bits per heavy atom. The molecule has 2 unspecified atom stereocenters. The molecule has 0 aromatic heterocycles. The van der Waals surface area contributed by atoms with Crippen LogP contribution in [0.15, 0.2) is 48.5 Å². The van der Waals surface area contributed by atoms with Gasteiger partial charge in [-0.05, 0) is 41.7 Å². The van der Waals surface area contributed by atoms with Crippen molar-refractivity contribution in [3.63, 3.8) is 0 Å². The average molecular weight is 340 g/mol. The van der Waals surface area contributed by atoms with E-state index in [1.807, 2.05) is 43.8 Å². The average Bonchev–Trinajstić information content (AvgIpc) is 3.46. The lowest BCUT2D eigenvalue weighted by Gasteiger charge is -2.25. The van der Waals surface area contributed by atoms with Gasteiger partial charge in [-0.25, -0.2) is 0 Å². The minimum Gasteiger partial charge on any atom is -0.508 e. The van der Waals surface area contributed by atoms with Crippen LogP contribution in [0.5, 0.6) is 5.75 Å². The normalized spacial score (nSPS) is 18.4. The lowest BCUT2D eigenvalue weighted by Crippen LogP contribution is -2.45. The third-order valence-electron chi connectivity index (χ3n) is 4.27. The van der Waals surface area contributed by atoms with E-state index in [1.165, 1.54) is 0 Å². The number of rotatable bonds is 9. The molecule has 1 radical (unpaired) electrons. The molecule has 1 aliphatic heterocycles. The summed E-state index contributed by atoms with van der Waals surface area (Å²) in [6, 6.07) is 14.8. The number of aromatic hydroxyl groups is 1. The number of aliphatic hydroxyl groups is 1. The zero-order valence-corrected chi connectivity index (χ0v) is 14.0. The van der Waals surface area contributed by atoms with Crippen molar-refractivity contribution >= 4 is 7.41 Å². The van der Waals surface area contributed by atoms with Gasteiger partial charge in [0.1, 0.15) is 12.0 Å². The Hall–Kier alpha value is -1.90. The van der Waals surface area contributed by atoms with Gasteiger partial charge in [0.2, 0.25) is 7.41 Å². The van der Waals surface area contributed by atoms with Gasteiger partial charge in [0.25, 0.3) is 0 Å². The smallest absolute Gasteiger partial charge is 0.222 e. The quantitative estimate of drug-likeness (QED) is 0.232. The molecule has 7 heteroatoms. The standard InChI is InChI=1S/C18H23BN3O3/c20-10-14-1-3-15(4-2-14)11-25-21-18(24)17(22-12-19-22)9-13-5-7-16(23)8-6-13/h1-8,17-18,21,23-24H,9-12,20H2/t17-,18?,22?/m1/s1. The molecule has 0 aliphatic carbocycles. The van der Waals surface area contributed by atoms with Crippen molar-refractivity contribution in [1.29, 1.82) is 0 Å². The highest BCUT2D eigenvalue weighted by atomic mass is 16.7. The summed E-state index contributed by atoms with van der Waals surface area (Å²) >= 11 is 0. The Morgan fingerprint density at radius 2 is 1.68 bits per heavy atom. The van der Waals surface area contributed by atoms with Crippen LogP contribution in [-0.4, -0.2) is 41.2 Å². The summed E-state index contributed by atoms with van der Waals surface area (Å²) in [4.78, 5) is 7.52. The van der Waals surface area contributed by atoms with Crippen LogP contribution in [0.25, 0.3) is 0 Å². The maximum atomic E-state index is 10.4. The predicted molar refractivity (Wildman–Crippen MR) is 96.3 cm³/mol. The van der Waals surface area contributed by atoms with Gasteiger partial charge in [0.05, 0.1) is 6.61 Å². The molecule has 1 aliphatic rings. The second kappa shape index (κ2) is 8.46. The minimum absolute atomic E-state index is 0.121. The summed E-state index contributed by atoms with van der Waals surface area (Å²) in [6.45, 7) is 0.876. The van der Waals surface area contributed by atoms with E-state index in [1.54, 1.807) is 12.1 Å². The molecular weight excluding hydrogens is 317 g/mol. The number of nitrogens with one attached hydrogen (secondary N) is 1. The number of aliphatic hydroxyl groups excluding tert-OH is 1. The highest BCUT2D eigenvalue weighted by Crippen LogP contribution is 2.18. The summed E-state index contributed by atoms with van der Waals surface area (Å²) in [6.07, 6.45) is 0.678. The van der Waals surface area contributed by atoms with Gasteiger partial charge in [0, 0.05) is 12.6 Å². The monoisotopic (exact) mass is 340 g/mol. The van der Waals surface area contributed by atoms with Crippen LogP contribution in [0.3, 0.4) is 0 Å². The van der Waals surface area contributed by atoms with Crippen LogP contribution in [0.4, 0.5) is 0 Å². The van der Waals surface area contributed by atoms with Crippen molar-refractivity contribution in [2.75, 3.05) is 6.44 Å². The number of nitrogens with zero attached hydrogens (tertiary/aromatic N) is 1. The van der Waals surface area contributed by atoms with Crippen molar-refractivity contribution in [3.8, 4) is 5.75 Å². The molecule has 3 rings (SSSR count). The SMILES string of the molecule is NCc1ccc(CONC(O)[C@@H](Cc2ccc(O)cc2)N2[B]C2)cc1. The topological polar surface area (TPSA) is 90.8 Å². The number of hydroxylamine groups is 1. The van der Waals surface area contributed by atoms with Crippen LogP contribution in [0.2, 0.25) is 0 Å². The van der Waals surface area contributed by atoms with Gasteiger partial charge < -0.3 is 20.8 Å². The fourth-order valence-corrected chi connectivity index (χ4v) is 2.66. The lowest BCUT2D eigenvalue weighted by molar-refractivity contribution is -0.0847. The van der Waals surface area contributed by atoms with Gasteiger partial charge >= 0.3 is 0 Å². The van der Waals surface area contributed by atoms with Crippen molar-refractivity contribution < 1.29 is 15.1 Å². The van der Waals surface area contributed by atoms with E-state index in [9.17, 15) is 10.2 Å².